The molecule has 0 rings (SSSR count). The number of phosphoric acid groups is 1. The van der Waals surface area contributed by atoms with Gasteiger partial charge in [-0.05, 0) is 5.04 Å². The quantitative estimate of drug-likeness (QED) is 0.184. The zero-order valence-corrected chi connectivity index (χ0v) is 6.60. The summed E-state index contributed by atoms with van der Waals surface area (Å²) in [5, 5.41) is 3.86. The molecule has 7 nitrogen and oxygen atoms in total. The van der Waals surface area contributed by atoms with Gasteiger partial charge >= 0.3 is 7.82 Å². The third-order valence-electron chi connectivity index (χ3n) is 0.175. The van der Waals surface area contributed by atoms with Crippen LogP contribution in [0.25, 0.3) is 0 Å². The zero-order valence-electron chi connectivity index (χ0n) is 5.71. The highest BCUT2D eigenvalue weighted by atomic mass is 31.2. The highest BCUT2D eigenvalue weighted by molar-refractivity contribution is 7.45. The van der Waals surface area contributed by atoms with Crippen molar-refractivity contribution in [2.75, 3.05) is 7.11 Å². The van der Waals surface area contributed by atoms with Gasteiger partial charge < -0.3 is 19.6 Å². The van der Waals surface area contributed by atoms with E-state index in [1.807, 2.05) is 0 Å². The van der Waals surface area contributed by atoms with Crippen LogP contribution in [0, 0.1) is 0 Å². The fourth-order valence-electron chi connectivity index (χ4n) is 0.0671. The molecular formula is C3H9O7P. The minimum absolute atomic E-state index is 1.11. The van der Waals surface area contributed by atoms with Gasteiger partial charge in [0, 0.05) is 0 Å². The molecule has 68 valence electrons. The summed E-state index contributed by atoms with van der Waals surface area (Å²) in [6.45, 7) is 3.17. The van der Waals surface area contributed by atoms with Crippen LogP contribution in [-0.4, -0.2) is 21.8 Å². The molecule has 0 aromatic heterocycles. The molecule has 0 fully saturated rings. The lowest BCUT2D eigenvalue weighted by Crippen LogP contribution is -1.81. The summed E-state index contributed by atoms with van der Waals surface area (Å²) < 4.78 is 8.88. The minimum atomic E-state index is -4.64. The Balaban J connectivity index is 0. The molecule has 0 radical (unpaired) electrons. The van der Waals surface area contributed by atoms with E-state index >= 15 is 0 Å². The minimum Gasteiger partial charge on any atom is -0.317 e. The third kappa shape index (κ3) is 83.0. The average Bonchev–Trinajstić information content (AvgIpc) is 1.79. The van der Waals surface area contributed by atoms with Gasteiger partial charge in [0.1, 0.15) is 6.26 Å². The summed E-state index contributed by atoms with van der Waals surface area (Å²) in [5.41, 5.74) is 0. The van der Waals surface area contributed by atoms with Crippen LogP contribution in [0.5, 0.6) is 0 Å². The third-order valence-corrected chi connectivity index (χ3v) is 0.175. The molecule has 0 saturated heterocycles. The van der Waals surface area contributed by atoms with Gasteiger partial charge in [-0.3, -0.25) is 0 Å². The molecule has 0 unspecified atom stereocenters. The molecule has 0 amide bonds. The van der Waals surface area contributed by atoms with E-state index in [-0.39, 0.29) is 0 Å². The largest absolute Gasteiger partial charge is 0.466 e. The molecule has 0 aliphatic carbocycles. The molecule has 0 aliphatic rings. The van der Waals surface area contributed by atoms with Crippen LogP contribution in [0.4, 0.5) is 0 Å². The van der Waals surface area contributed by atoms with E-state index in [0.717, 1.165) is 6.26 Å². The first-order chi connectivity index (χ1) is 4.91. The Hall–Kier alpha value is -0.430. The molecule has 3 N–H and O–H groups in total. The van der Waals surface area contributed by atoms with Gasteiger partial charge in [-0.15, -0.1) is 0 Å². The van der Waals surface area contributed by atoms with Gasteiger partial charge in [0.05, 0.1) is 7.11 Å². The molecule has 0 heterocycles. The maximum atomic E-state index is 8.88. The van der Waals surface area contributed by atoms with E-state index in [2.05, 4.69) is 21.4 Å². The van der Waals surface area contributed by atoms with E-state index in [0.29, 0.717) is 0 Å². The lowest BCUT2D eigenvalue weighted by molar-refractivity contribution is -0.478. The van der Waals surface area contributed by atoms with Crippen LogP contribution in [0.1, 0.15) is 0 Å². The van der Waals surface area contributed by atoms with Gasteiger partial charge in [-0.2, -0.15) is 4.89 Å². The molecule has 0 spiro atoms. The maximum Gasteiger partial charge on any atom is 0.466 e. The highest BCUT2D eigenvalue weighted by Gasteiger charge is 2.00. The van der Waals surface area contributed by atoms with E-state index < -0.39 is 7.82 Å². The maximum absolute atomic E-state index is 8.88. The SMILES string of the molecule is C=COOOC.O=P(O)(O)O. The second-order valence-corrected chi connectivity index (χ2v) is 2.04. The first-order valence-electron chi connectivity index (χ1n) is 2.17. The Morgan fingerprint density at radius 1 is 1.45 bits per heavy atom. The molecule has 0 aromatic rings. The zero-order chi connectivity index (χ0) is 9.33. The number of hydrogen-bond donors (Lipinski definition) is 3. The van der Waals surface area contributed by atoms with Crippen molar-refractivity contribution < 1.29 is 34.1 Å². The molecule has 0 aromatic carbocycles. The second kappa shape index (κ2) is 7.67. The van der Waals surface area contributed by atoms with E-state index in [1.165, 1.54) is 7.11 Å². The molecule has 0 bridgehead atoms. The molecule has 0 aliphatic heterocycles. The van der Waals surface area contributed by atoms with Gasteiger partial charge in [-0.1, -0.05) is 6.58 Å². The van der Waals surface area contributed by atoms with Crippen molar-refractivity contribution in [2.24, 2.45) is 0 Å². The fraction of sp³-hybridized carbons (Fsp3) is 0.333. The van der Waals surface area contributed by atoms with Crippen molar-refractivity contribution in [3.63, 3.8) is 0 Å². The van der Waals surface area contributed by atoms with Crippen LogP contribution >= 0.6 is 7.82 Å². The summed E-state index contributed by atoms with van der Waals surface area (Å²) in [4.78, 5) is 29.6. The van der Waals surface area contributed by atoms with Crippen LogP contribution < -0.4 is 0 Å². The predicted octanol–water partition coefficient (Wildman–Crippen LogP) is -0.289. The molecule has 0 saturated carbocycles. The summed E-state index contributed by atoms with van der Waals surface area (Å²) >= 11 is 0. The Morgan fingerprint density at radius 3 is 1.91 bits per heavy atom. The Morgan fingerprint density at radius 2 is 1.82 bits per heavy atom. The van der Waals surface area contributed by atoms with Crippen LogP contribution in [0.15, 0.2) is 12.8 Å². The Bertz CT molecular complexity index is 119. The first kappa shape index (κ1) is 13.2. The van der Waals surface area contributed by atoms with Crippen LogP contribution in [0.2, 0.25) is 0 Å². The fourth-order valence-corrected chi connectivity index (χ4v) is 0.0671. The first-order valence-corrected chi connectivity index (χ1v) is 3.73. The van der Waals surface area contributed by atoms with Crippen molar-refractivity contribution in [1.82, 2.24) is 0 Å². The predicted molar refractivity (Wildman–Crippen MR) is 33.6 cm³/mol. The average molecular weight is 188 g/mol. The van der Waals surface area contributed by atoms with Crippen molar-refractivity contribution in [3.8, 4) is 0 Å². The van der Waals surface area contributed by atoms with Gasteiger partial charge in [-0.25, -0.2) is 4.57 Å². The lowest BCUT2D eigenvalue weighted by atomic mass is 11.2. The van der Waals surface area contributed by atoms with Crippen molar-refractivity contribution >= 4 is 7.82 Å². The smallest absolute Gasteiger partial charge is 0.317 e. The molecular weight excluding hydrogens is 179 g/mol. The van der Waals surface area contributed by atoms with Gasteiger partial charge in [0.25, 0.3) is 0 Å². The van der Waals surface area contributed by atoms with Gasteiger partial charge in [0.15, 0.2) is 0 Å². The molecule has 11 heavy (non-hydrogen) atoms. The number of rotatable bonds is 3. The summed E-state index contributed by atoms with van der Waals surface area (Å²) in [6.07, 6.45) is 1.11. The highest BCUT2D eigenvalue weighted by Crippen LogP contribution is 2.25. The Kier molecular flexibility index (Phi) is 9.20. The van der Waals surface area contributed by atoms with Gasteiger partial charge in [0.2, 0.25) is 0 Å². The lowest BCUT2D eigenvalue weighted by Gasteiger charge is -1.88. The van der Waals surface area contributed by atoms with Crippen molar-refractivity contribution in [3.05, 3.63) is 12.8 Å². The van der Waals surface area contributed by atoms with Crippen molar-refractivity contribution in [2.45, 2.75) is 0 Å². The van der Waals surface area contributed by atoms with Crippen LogP contribution in [-0.2, 0) is 19.4 Å². The van der Waals surface area contributed by atoms with E-state index in [4.69, 9.17) is 19.2 Å². The normalized spacial score (nSPS) is 9.45. The summed E-state index contributed by atoms with van der Waals surface area (Å²) in [5.74, 6) is 0. The van der Waals surface area contributed by atoms with Crippen LogP contribution in [0.3, 0.4) is 0 Å². The number of hydrogen-bond acceptors (Lipinski definition) is 4. The van der Waals surface area contributed by atoms with E-state index in [9.17, 15) is 0 Å². The molecule has 0 atom stereocenters. The van der Waals surface area contributed by atoms with Crippen molar-refractivity contribution in [1.29, 1.82) is 0 Å². The summed E-state index contributed by atoms with van der Waals surface area (Å²) in [6, 6.07) is 0. The molecule has 8 heteroatoms. The second-order valence-electron chi connectivity index (χ2n) is 1.01. The topological polar surface area (TPSA) is 105 Å². The Labute approximate surface area is 62.9 Å². The standard InChI is InChI=1S/C3H6O3.H3O4P/c1-3-5-6-4-2;1-5(2,3)4/h3H,1H2,2H3;(H3,1,2,3,4). The summed E-state index contributed by atoms with van der Waals surface area (Å²) in [7, 11) is -3.30. The van der Waals surface area contributed by atoms with E-state index in [1.54, 1.807) is 0 Å². The monoisotopic (exact) mass is 188 g/mol.